The molecule has 0 aromatic heterocycles. The molecule has 0 nitrogen and oxygen atoms in total. The molecule has 0 heterocycles. The van der Waals surface area contributed by atoms with Gasteiger partial charge in [0, 0.05) is 0 Å². The number of allylic oxidation sites excluding steroid dienone is 3. The molecule has 0 fully saturated rings. The van der Waals surface area contributed by atoms with Crippen molar-refractivity contribution in [2.24, 2.45) is 11.8 Å². The van der Waals surface area contributed by atoms with E-state index in [2.05, 4.69) is 46.4 Å². The molecule has 0 N–H and O–H groups in total. The van der Waals surface area contributed by atoms with Crippen LogP contribution in [0.1, 0.15) is 34.1 Å². The van der Waals surface area contributed by atoms with Gasteiger partial charge in [0.15, 0.2) is 0 Å². The average Bonchev–Trinajstić information content (AvgIpc) is 1.87. The van der Waals surface area contributed by atoms with Crippen LogP contribution in [0.4, 0.5) is 0 Å². The lowest BCUT2D eigenvalue weighted by molar-refractivity contribution is 0.714. The molecule has 64 valence electrons. The lowest BCUT2D eigenvalue weighted by atomic mass is 9.97. The van der Waals surface area contributed by atoms with Gasteiger partial charge in [-0.2, -0.15) is 0 Å². The van der Waals surface area contributed by atoms with Gasteiger partial charge in [0.05, 0.1) is 0 Å². The molecular formula is C11H20. The Morgan fingerprint density at radius 3 is 2.18 bits per heavy atom. The smallest absolute Gasteiger partial charge is 0.00313 e. The lowest BCUT2D eigenvalue weighted by Crippen LogP contribution is -1.95. The largest absolute Gasteiger partial charge is 0.0995 e. The molecule has 0 spiro atoms. The van der Waals surface area contributed by atoms with E-state index >= 15 is 0 Å². The molecule has 0 heteroatoms. The van der Waals surface area contributed by atoms with Crippen LogP contribution in [0, 0.1) is 11.8 Å². The molecule has 0 amide bonds. The van der Waals surface area contributed by atoms with Gasteiger partial charge < -0.3 is 0 Å². The summed E-state index contributed by atoms with van der Waals surface area (Å²) in [6.45, 7) is 12.6. The molecule has 0 aromatic carbocycles. The van der Waals surface area contributed by atoms with E-state index in [1.165, 1.54) is 12.0 Å². The van der Waals surface area contributed by atoms with Gasteiger partial charge in [-0.15, -0.1) is 0 Å². The fourth-order valence-electron chi connectivity index (χ4n) is 1.01. The summed E-state index contributed by atoms with van der Waals surface area (Å²) in [6, 6.07) is 0. The Morgan fingerprint density at radius 1 is 1.36 bits per heavy atom. The molecule has 0 bridgehead atoms. The average molecular weight is 152 g/mol. The maximum atomic E-state index is 3.95. The molecule has 0 radical (unpaired) electrons. The topological polar surface area (TPSA) is 0 Å². The Kier molecular flexibility index (Phi) is 4.93. The lowest BCUT2D eigenvalue weighted by Gasteiger charge is -2.09. The Hall–Kier alpha value is -0.520. The third-order valence-electron chi connectivity index (χ3n) is 1.80. The van der Waals surface area contributed by atoms with Crippen LogP contribution in [0.5, 0.6) is 0 Å². The van der Waals surface area contributed by atoms with Crippen LogP contribution in [0.3, 0.4) is 0 Å². The maximum absolute atomic E-state index is 3.95. The van der Waals surface area contributed by atoms with E-state index < -0.39 is 0 Å². The Balaban J connectivity index is 3.97. The van der Waals surface area contributed by atoms with Crippen LogP contribution < -0.4 is 0 Å². The van der Waals surface area contributed by atoms with Gasteiger partial charge >= 0.3 is 0 Å². The second kappa shape index (κ2) is 5.17. The third kappa shape index (κ3) is 4.83. The van der Waals surface area contributed by atoms with Gasteiger partial charge in [-0.25, -0.2) is 0 Å². The van der Waals surface area contributed by atoms with Crippen molar-refractivity contribution in [3.8, 4) is 0 Å². The molecule has 11 heavy (non-hydrogen) atoms. The summed E-state index contributed by atoms with van der Waals surface area (Å²) < 4.78 is 0. The molecule has 0 aliphatic carbocycles. The summed E-state index contributed by atoms with van der Waals surface area (Å²) in [7, 11) is 0. The zero-order chi connectivity index (χ0) is 8.85. The molecule has 1 unspecified atom stereocenters. The van der Waals surface area contributed by atoms with Crippen molar-refractivity contribution < 1.29 is 0 Å². The van der Waals surface area contributed by atoms with Crippen molar-refractivity contribution in [2.75, 3.05) is 0 Å². The van der Waals surface area contributed by atoms with E-state index in [4.69, 9.17) is 0 Å². The number of hydrogen-bond donors (Lipinski definition) is 0. The molecule has 0 aliphatic heterocycles. The van der Waals surface area contributed by atoms with Gasteiger partial charge in [-0.1, -0.05) is 45.1 Å². The summed E-state index contributed by atoms with van der Waals surface area (Å²) in [5, 5.41) is 0. The normalized spacial score (nSPS) is 14.3. The van der Waals surface area contributed by atoms with Crippen LogP contribution in [-0.4, -0.2) is 0 Å². The Labute approximate surface area is 71.0 Å². The minimum Gasteiger partial charge on any atom is -0.0995 e. The molecule has 0 aromatic rings. The highest BCUT2D eigenvalue weighted by molar-refractivity contribution is 5.06. The highest BCUT2D eigenvalue weighted by Crippen LogP contribution is 2.14. The molecular weight excluding hydrogens is 132 g/mol. The van der Waals surface area contributed by atoms with E-state index in [0.29, 0.717) is 11.8 Å². The first-order valence-corrected chi connectivity index (χ1v) is 4.41. The summed E-state index contributed by atoms with van der Waals surface area (Å²) in [5.41, 5.74) is 1.27. The second-order valence-corrected chi connectivity index (χ2v) is 3.49. The fourth-order valence-corrected chi connectivity index (χ4v) is 1.01. The summed E-state index contributed by atoms with van der Waals surface area (Å²) in [4.78, 5) is 0. The van der Waals surface area contributed by atoms with E-state index in [9.17, 15) is 0 Å². The fraction of sp³-hybridized carbons (Fsp3) is 0.636. The van der Waals surface area contributed by atoms with Gasteiger partial charge in [0.25, 0.3) is 0 Å². The van der Waals surface area contributed by atoms with Gasteiger partial charge in [-0.05, 0) is 25.2 Å². The summed E-state index contributed by atoms with van der Waals surface area (Å²) in [5.74, 6) is 1.24. The van der Waals surface area contributed by atoms with Crippen molar-refractivity contribution in [2.45, 2.75) is 34.1 Å². The first-order valence-electron chi connectivity index (χ1n) is 4.41. The van der Waals surface area contributed by atoms with Crippen molar-refractivity contribution in [3.63, 3.8) is 0 Å². The van der Waals surface area contributed by atoms with Gasteiger partial charge in [0.1, 0.15) is 0 Å². The van der Waals surface area contributed by atoms with Gasteiger partial charge in [0.2, 0.25) is 0 Å². The minimum absolute atomic E-state index is 0.581. The zero-order valence-corrected chi connectivity index (χ0v) is 8.22. The standard InChI is InChI=1S/C11H20/c1-6-11(10(4)5)8-7-9(2)3/h7-9,11H,4,6H2,1-3,5H3/b8-7-. The molecule has 0 rings (SSSR count). The molecule has 0 saturated heterocycles. The Bertz CT molecular complexity index is 140. The van der Waals surface area contributed by atoms with E-state index in [1.807, 2.05) is 0 Å². The molecule has 0 aliphatic rings. The van der Waals surface area contributed by atoms with Crippen LogP contribution in [0.15, 0.2) is 24.3 Å². The van der Waals surface area contributed by atoms with Crippen LogP contribution >= 0.6 is 0 Å². The number of hydrogen-bond acceptors (Lipinski definition) is 0. The van der Waals surface area contributed by atoms with E-state index in [0.717, 1.165) is 0 Å². The maximum Gasteiger partial charge on any atom is -0.00313 e. The highest BCUT2D eigenvalue weighted by atomic mass is 14.1. The van der Waals surface area contributed by atoms with Crippen LogP contribution in [0.2, 0.25) is 0 Å². The van der Waals surface area contributed by atoms with E-state index in [1.54, 1.807) is 0 Å². The third-order valence-corrected chi connectivity index (χ3v) is 1.80. The van der Waals surface area contributed by atoms with Crippen LogP contribution in [0.25, 0.3) is 0 Å². The van der Waals surface area contributed by atoms with E-state index in [-0.39, 0.29) is 0 Å². The summed E-state index contributed by atoms with van der Waals surface area (Å²) >= 11 is 0. The number of rotatable bonds is 4. The first kappa shape index (κ1) is 10.5. The van der Waals surface area contributed by atoms with Crippen LogP contribution in [-0.2, 0) is 0 Å². The molecule has 1 atom stereocenters. The van der Waals surface area contributed by atoms with Crippen molar-refractivity contribution in [3.05, 3.63) is 24.3 Å². The summed E-state index contributed by atoms with van der Waals surface area (Å²) in [6.07, 6.45) is 5.69. The highest BCUT2D eigenvalue weighted by Gasteiger charge is 2.00. The van der Waals surface area contributed by atoms with Crippen molar-refractivity contribution in [1.82, 2.24) is 0 Å². The second-order valence-electron chi connectivity index (χ2n) is 3.49. The quantitative estimate of drug-likeness (QED) is 0.537. The Morgan fingerprint density at radius 2 is 1.91 bits per heavy atom. The molecule has 0 saturated carbocycles. The monoisotopic (exact) mass is 152 g/mol. The zero-order valence-electron chi connectivity index (χ0n) is 8.22. The minimum atomic E-state index is 0.581. The predicted molar refractivity (Wildman–Crippen MR) is 52.6 cm³/mol. The predicted octanol–water partition coefficient (Wildman–Crippen LogP) is 3.80. The van der Waals surface area contributed by atoms with Crippen molar-refractivity contribution in [1.29, 1.82) is 0 Å². The van der Waals surface area contributed by atoms with Crippen molar-refractivity contribution >= 4 is 0 Å². The SMILES string of the molecule is C=C(C)C(/C=C\C(C)C)CC. The first-order chi connectivity index (χ1) is 5.07. The van der Waals surface area contributed by atoms with Gasteiger partial charge in [-0.3, -0.25) is 0 Å².